The summed E-state index contributed by atoms with van der Waals surface area (Å²) in [4.78, 5) is 12.1. The predicted octanol–water partition coefficient (Wildman–Crippen LogP) is -1.51. The minimum absolute atomic E-state index is 0.146. The molecule has 1 fully saturated rings. The van der Waals surface area contributed by atoms with Crippen LogP contribution in [0.5, 0.6) is 0 Å². The van der Waals surface area contributed by atoms with Crippen LogP contribution in [-0.4, -0.2) is 82.1 Å². The van der Waals surface area contributed by atoms with E-state index in [0.717, 1.165) is 16.5 Å². The smallest absolute Gasteiger partial charge is 0.237 e. The van der Waals surface area contributed by atoms with Crippen molar-refractivity contribution >= 4 is 16.8 Å². The normalized spacial score (nSPS) is 29.0. The predicted molar refractivity (Wildman–Crippen MR) is 102 cm³/mol. The maximum absolute atomic E-state index is 12.1. The number of benzene rings is 1. The van der Waals surface area contributed by atoms with Crippen LogP contribution in [0.3, 0.4) is 0 Å². The van der Waals surface area contributed by atoms with Gasteiger partial charge in [-0.3, -0.25) is 4.79 Å². The lowest BCUT2D eigenvalue weighted by Gasteiger charge is -2.40. The number of likely N-dealkylation sites (N-methyl/N-ethyl adjacent to an activating group) is 2. The summed E-state index contributed by atoms with van der Waals surface area (Å²) in [6, 6.07) is 7.01. The van der Waals surface area contributed by atoms with E-state index in [2.05, 4.69) is 10.6 Å². The zero-order valence-electron chi connectivity index (χ0n) is 15.8. The minimum Gasteiger partial charge on any atom is -0.394 e. The first-order valence-electron chi connectivity index (χ1n) is 9.20. The molecule has 1 saturated heterocycles. The average molecular weight is 393 g/mol. The Kier molecular flexibility index (Phi) is 6.33. The number of nitrogens with one attached hydrogen (secondary N) is 2. The lowest BCUT2D eigenvalue weighted by Crippen LogP contribution is -2.56. The van der Waals surface area contributed by atoms with Crippen LogP contribution in [0, 0.1) is 0 Å². The number of carbonyl (C=O) groups excluding carboxylic acids is 1. The fourth-order valence-corrected chi connectivity index (χ4v) is 3.68. The fourth-order valence-electron chi connectivity index (χ4n) is 3.68. The zero-order valence-corrected chi connectivity index (χ0v) is 15.8. The molecule has 1 aliphatic rings. The molecular formula is C19H27N3O6. The number of carbonyl (C=O) groups is 1. The number of para-hydroxylation sites is 1. The number of nitrogens with zero attached hydrogens (tertiary/aromatic N) is 1. The zero-order chi connectivity index (χ0) is 20.4. The summed E-state index contributed by atoms with van der Waals surface area (Å²) in [6.45, 7) is -0.494. The van der Waals surface area contributed by atoms with Gasteiger partial charge in [0.25, 0.3) is 0 Å². The van der Waals surface area contributed by atoms with Gasteiger partial charge in [0.05, 0.1) is 18.2 Å². The molecule has 1 aliphatic heterocycles. The number of aliphatic hydroxyl groups is 4. The van der Waals surface area contributed by atoms with Gasteiger partial charge in [0.2, 0.25) is 5.91 Å². The molecule has 0 radical (unpaired) electrons. The molecule has 3 rings (SSSR count). The number of rotatable bonds is 6. The SMILES string of the molecule is CNC(=O)[C@H](Cc1cn([C@@H]2OC(CO)[C@@H](O)C(O)C2O)c2ccccc12)NC. The maximum Gasteiger partial charge on any atom is 0.237 e. The Bertz CT molecular complexity index is 823. The Hall–Kier alpha value is -2.01. The van der Waals surface area contributed by atoms with Crippen LogP contribution in [-0.2, 0) is 16.0 Å². The van der Waals surface area contributed by atoms with Crippen molar-refractivity contribution in [2.45, 2.75) is 43.1 Å². The van der Waals surface area contributed by atoms with Gasteiger partial charge in [-0.25, -0.2) is 0 Å². The Morgan fingerprint density at radius 3 is 2.54 bits per heavy atom. The Morgan fingerprint density at radius 1 is 1.18 bits per heavy atom. The second kappa shape index (κ2) is 8.56. The fraction of sp³-hybridized carbons (Fsp3) is 0.526. The Labute approximate surface area is 162 Å². The van der Waals surface area contributed by atoms with Gasteiger partial charge >= 0.3 is 0 Å². The van der Waals surface area contributed by atoms with Crippen LogP contribution in [0.25, 0.3) is 10.9 Å². The second-order valence-electron chi connectivity index (χ2n) is 6.96. The van der Waals surface area contributed by atoms with E-state index in [9.17, 15) is 25.2 Å². The van der Waals surface area contributed by atoms with Crippen molar-refractivity contribution in [2.75, 3.05) is 20.7 Å². The van der Waals surface area contributed by atoms with E-state index in [1.54, 1.807) is 24.9 Å². The number of hydrogen-bond donors (Lipinski definition) is 6. The minimum atomic E-state index is -1.46. The highest BCUT2D eigenvalue weighted by Gasteiger charge is 2.44. The number of ether oxygens (including phenoxy) is 1. The highest BCUT2D eigenvalue weighted by molar-refractivity contribution is 5.86. The molecule has 1 amide bonds. The van der Waals surface area contributed by atoms with E-state index in [1.165, 1.54) is 0 Å². The molecule has 0 aliphatic carbocycles. The third-order valence-electron chi connectivity index (χ3n) is 5.30. The standard InChI is InChI=1S/C19H27N3O6/c1-20-12(18(27)21-2)7-10-8-22(13-6-4-3-5-11(10)13)19-17(26)16(25)15(24)14(9-23)28-19/h3-6,8,12,14-17,19-20,23-26H,7,9H2,1-2H3,(H,21,27)/t12-,14?,15+,16?,17?,19+/m0/s1. The lowest BCUT2D eigenvalue weighted by atomic mass is 9.98. The first-order chi connectivity index (χ1) is 13.4. The van der Waals surface area contributed by atoms with Gasteiger partial charge in [0.15, 0.2) is 6.23 Å². The number of aliphatic hydroxyl groups excluding tert-OH is 4. The summed E-state index contributed by atoms with van der Waals surface area (Å²) in [5, 5.41) is 46.6. The van der Waals surface area contributed by atoms with Gasteiger partial charge in [0, 0.05) is 18.6 Å². The van der Waals surface area contributed by atoms with Crippen LogP contribution >= 0.6 is 0 Å². The number of hydrogen-bond acceptors (Lipinski definition) is 7. The molecule has 6 N–H and O–H groups in total. The van der Waals surface area contributed by atoms with Gasteiger partial charge in [0.1, 0.15) is 24.4 Å². The molecule has 154 valence electrons. The molecule has 1 aromatic heterocycles. The molecule has 6 atom stereocenters. The lowest BCUT2D eigenvalue weighted by molar-refractivity contribution is -0.250. The van der Waals surface area contributed by atoms with Crippen molar-refractivity contribution < 1.29 is 30.0 Å². The molecule has 0 spiro atoms. The van der Waals surface area contributed by atoms with Crippen LogP contribution in [0.15, 0.2) is 30.5 Å². The van der Waals surface area contributed by atoms with Gasteiger partial charge < -0.3 is 40.4 Å². The van der Waals surface area contributed by atoms with E-state index in [4.69, 9.17) is 4.74 Å². The molecule has 0 bridgehead atoms. The summed E-state index contributed by atoms with van der Waals surface area (Å²) < 4.78 is 7.37. The highest BCUT2D eigenvalue weighted by Crippen LogP contribution is 2.33. The van der Waals surface area contributed by atoms with Gasteiger partial charge in [-0.05, 0) is 25.1 Å². The van der Waals surface area contributed by atoms with Crippen LogP contribution in [0.2, 0.25) is 0 Å². The summed E-state index contributed by atoms with van der Waals surface area (Å²) in [5.74, 6) is -0.146. The van der Waals surface area contributed by atoms with Crippen molar-refractivity contribution in [3.63, 3.8) is 0 Å². The summed E-state index contributed by atoms with van der Waals surface area (Å²) >= 11 is 0. The van der Waals surface area contributed by atoms with E-state index in [0.29, 0.717) is 6.42 Å². The first kappa shape index (κ1) is 20.7. The summed E-state index contributed by atoms with van der Waals surface area (Å²) in [5.41, 5.74) is 1.60. The van der Waals surface area contributed by atoms with E-state index >= 15 is 0 Å². The number of fused-ring (bicyclic) bond motifs is 1. The third kappa shape index (κ3) is 3.64. The summed E-state index contributed by atoms with van der Waals surface area (Å²) in [6.07, 6.45) is -4.09. The molecule has 9 heteroatoms. The van der Waals surface area contributed by atoms with Crippen molar-refractivity contribution in [1.82, 2.24) is 15.2 Å². The van der Waals surface area contributed by atoms with Gasteiger partial charge in [-0.15, -0.1) is 0 Å². The first-order valence-corrected chi connectivity index (χ1v) is 9.20. The third-order valence-corrected chi connectivity index (χ3v) is 5.30. The maximum atomic E-state index is 12.1. The molecular weight excluding hydrogens is 366 g/mol. The molecule has 3 unspecified atom stereocenters. The van der Waals surface area contributed by atoms with Crippen molar-refractivity contribution in [3.8, 4) is 0 Å². The van der Waals surface area contributed by atoms with Crippen LogP contribution < -0.4 is 10.6 Å². The van der Waals surface area contributed by atoms with Crippen molar-refractivity contribution in [1.29, 1.82) is 0 Å². The summed E-state index contributed by atoms with van der Waals surface area (Å²) in [7, 11) is 3.28. The van der Waals surface area contributed by atoms with Crippen LogP contribution in [0.1, 0.15) is 11.8 Å². The van der Waals surface area contributed by atoms with E-state index in [1.807, 2.05) is 24.3 Å². The van der Waals surface area contributed by atoms with Gasteiger partial charge in [-0.2, -0.15) is 0 Å². The molecule has 2 aromatic rings. The average Bonchev–Trinajstić information content (AvgIpc) is 3.08. The molecule has 0 saturated carbocycles. The van der Waals surface area contributed by atoms with E-state index < -0.39 is 43.3 Å². The van der Waals surface area contributed by atoms with E-state index in [-0.39, 0.29) is 5.91 Å². The number of aromatic nitrogens is 1. The largest absolute Gasteiger partial charge is 0.394 e. The highest BCUT2D eigenvalue weighted by atomic mass is 16.6. The number of amides is 1. The molecule has 9 nitrogen and oxygen atoms in total. The quantitative estimate of drug-likeness (QED) is 0.351. The monoisotopic (exact) mass is 393 g/mol. The molecule has 1 aromatic carbocycles. The van der Waals surface area contributed by atoms with Crippen molar-refractivity contribution in [3.05, 3.63) is 36.0 Å². The molecule has 2 heterocycles. The van der Waals surface area contributed by atoms with Crippen molar-refractivity contribution in [2.24, 2.45) is 0 Å². The topological polar surface area (TPSA) is 136 Å². The van der Waals surface area contributed by atoms with Gasteiger partial charge in [-0.1, -0.05) is 18.2 Å². The second-order valence-corrected chi connectivity index (χ2v) is 6.96. The molecule has 28 heavy (non-hydrogen) atoms. The Balaban J connectivity index is 2.01. The Morgan fingerprint density at radius 2 is 1.89 bits per heavy atom. The van der Waals surface area contributed by atoms with Crippen LogP contribution in [0.4, 0.5) is 0 Å².